The number of halogens is 4. The van der Waals surface area contributed by atoms with Crippen molar-refractivity contribution in [3.05, 3.63) is 29.8 Å². The molecule has 0 saturated heterocycles. The van der Waals surface area contributed by atoms with Crippen molar-refractivity contribution < 1.29 is 27.4 Å². The van der Waals surface area contributed by atoms with Gasteiger partial charge in [-0.1, -0.05) is 13.8 Å². The van der Waals surface area contributed by atoms with Crippen LogP contribution in [0.15, 0.2) is 24.3 Å². The number of ether oxygens (including phenoxy) is 1. The fourth-order valence-electron chi connectivity index (χ4n) is 2.98. The summed E-state index contributed by atoms with van der Waals surface area (Å²) >= 11 is 0. The molecular formula is C17H23F4NO2. The number of nitrogens with one attached hydrogen (secondary N) is 1. The molecule has 1 saturated carbocycles. The number of benzene rings is 1. The number of rotatable bonds is 6. The van der Waals surface area contributed by atoms with Crippen molar-refractivity contribution in [2.45, 2.75) is 51.2 Å². The van der Waals surface area contributed by atoms with Crippen LogP contribution in [0.2, 0.25) is 0 Å². The molecule has 1 aliphatic rings. The molecule has 3 unspecified atom stereocenters. The molecule has 0 aliphatic heterocycles. The molecule has 7 heteroatoms. The lowest BCUT2D eigenvalue weighted by Gasteiger charge is -2.29. The molecule has 2 rings (SSSR count). The Balaban J connectivity index is 1.78. The molecule has 1 aromatic rings. The predicted octanol–water partition coefficient (Wildman–Crippen LogP) is 3.56. The Morgan fingerprint density at radius 1 is 1.29 bits per heavy atom. The van der Waals surface area contributed by atoms with Gasteiger partial charge in [-0.2, -0.15) is 13.2 Å². The van der Waals surface area contributed by atoms with E-state index in [4.69, 9.17) is 4.74 Å². The van der Waals surface area contributed by atoms with E-state index in [9.17, 15) is 22.7 Å². The summed E-state index contributed by atoms with van der Waals surface area (Å²) in [6.07, 6.45) is -4.93. The summed E-state index contributed by atoms with van der Waals surface area (Å²) in [7, 11) is 0. The van der Waals surface area contributed by atoms with Crippen molar-refractivity contribution >= 4 is 0 Å². The predicted molar refractivity (Wildman–Crippen MR) is 82.6 cm³/mol. The van der Waals surface area contributed by atoms with Gasteiger partial charge < -0.3 is 15.2 Å². The van der Waals surface area contributed by atoms with Crippen molar-refractivity contribution in [3.8, 4) is 5.75 Å². The molecule has 24 heavy (non-hydrogen) atoms. The van der Waals surface area contributed by atoms with Crippen LogP contribution < -0.4 is 10.1 Å². The molecule has 0 aromatic heterocycles. The first-order valence-corrected chi connectivity index (χ1v) is 7.95. The summed E-state index contributed by atoms with van der Waals surface area (Å²) in [6, 6.07) is 3.95. The quantitative estimate of drug-likeness (QED) is 0.772. The van der Waals surface area contributed by atoms with E-state index in [0.29, 0.717) is 6.42 Å². The van der Waals surface area contributed by atoms with Gasteiger partial charge in [0.2, 0.25) is 0 Å². The van der Waals surface area contributed by atoms with Crippen LogP contribution in [0, 0.1) is 5.41 Å². The summed E-state index contributed by atoms with van der Waals surface area (Å²) < 4.78 is 56.5. The van der Waals surface area contributed by atoms with Crippen LogP contribution in [0.4, 0.5) is 17.6 Å². The summed E-state index contributed by atoms with van der Waals surface area (Å²) in [5.41, 5.74) is -0.928. The molecule has 1 aliphatic carbocycles. The van der Waals surface area contributed by atoms with Crippen molar-refractivity contribution in [2.24, 2.45) is 5.41 Å². The van der Waals surface area contributed by atoms with Crippen LogP contribution in [-0.4, -0.2) is 36.6 Å². The first-order chi connectivity index (χ1) is 11.1. The zero-order valence-corrected chi connectivity index (χ0v) is 13.7. The maximum Gasteiger partial charge on any atom is 0.416 e. The van der Waals surface area contributed by atoms with Crippen LogP contribution in [-0.2, 0) is 6.18 Å². The number of hydrogen-bond donors (Lipinski definition) is 2. The monoisotopic (exact) mass is 349 g/mol. The molecule has 1 aromatic carbocycles. The molecule has 0 heterocycles. The minimum Gasteiger partial charge on any atom is -0.491 e. The third kappa shape index (κ3) is 4.83. The van der Waals surface area contributed by atoms with Crippen LogP contribution in [0.3, 0.4) is 0 Å². The Morgan fingerprint density at radius 3 is 2.42 bits per heavy atom. The Bertz CT molecular complexity index is 530. The van der Waals surface area contributed by atoms with E-state index in [2.05, 4.69) is 5.32 Å². The summed E-state index contributed by atoms with van der Waals surface area (Å²) in [4.78, 5) is 0. The fourth-order valence-corrected chi connectivity index (χ4v) is 2.98. The summed E-state index contributed by atoms with van der Waals surface area (Å²) in [5, 5.41) is 13.0. The Morgan fingerprint density at radius 2 is 1.92 bits per heavy atom. The van der Waals surface area contributed by atoms with Gasteiger partial charge in [-0.3, -0.25) is 0 Å². The smallest absolute Gasteiger partial charge is 0.416 e. The lowest BCUT2D eigenvalue weighted by Crippen LogP contribution is -2.47. The lowest BCUT2D eigenvalue weighted by molar-refractivity contribution is -0.137. The minimum absolute atomic E-state index is 0.0809. The third-order valence-electron chi connectivity index (χ3n) is 4.47. The van der Waals surface area contributed by atoms with Crippen LogP contribution in [0.25, 0.3) is 0 Å². The van der Waals surface area contributed by atoms with Crippen molar-refractivity contribution in [3.63, 3.8) is 0 Å². The standard InChI is InChI=1S/C17H23F4NO2/c1-16(2)8-7-14(18)15(16)22-9-12(23)10-24-13-5-3-11(4-6-13)17(19,20)21/h3-6,12,14-15,22-23H,7-10H2,1-2H3. The molecular weight excluding hydrogens is 326 g/mol. The summed E-state index contributed by atoms with van der Waals surface area (Å²) in [6.45, 7) is 4.04. The van der Waals surface area contributed by atoms with E-state index in [-0.39, 0.29) is 30.4 Å². The van der Waals surface area contributed by atoms with Crippen molar-refractivity contribution in [1.82, 2.24) is 5.32 Å². The van der Waals surface area contributed by atoms with E-state index in [0.717, 1.165) is 18.6 Å². The van der Waals surface area contributed by atoms with E-state index in [1.807, 2.05) is 13.8 Å². The van der Waals surface area contributed by atoms with E-state index in [1.165, 1.54) is 12.1 Å². The molecule has 136 valence electrons. The summed E-state index contributed by atoms with van der Waals surface area (Å²) in [5.74, 6) is 0.242. The average Bonchev–Trinajstić information content (AvgIpc) is 2.76. The highest BCUT2D eigenvalue weighted by atomic mass is 19.4. The van der Waals surface area contributed by atoms with Crippen molar-refractivity contribution in [2.75, 3.05) is 13.2 Å². The molecule has 0 bridgehead atoms. The second-order valence-corrected chi connectivity index (χ2v) is 6.92. The van der Waals surface area contributed by atoms with Crippen LogP contribution >= 0.6 is 0 Å². The first kappa shape index (κ1) is 19.0. The third-order valence-corrected chi connectivity index (χ3v) is 4.47. The van der Waals surface area contributed by atoms with Gasteiger partial charge in [-0.25, -0.2) is 4.39 Å². The Labute approximate surface area is 139 Å². The van der Waals surface area contributed by atoms with E-state index in [1.54, 1.807) is 0 Å². The number of hydrogen-bond acceptors (Lipinski definition) is 3. The first-order valence-electron chi connectivity index (χ1n) is 7.95. The maximum atomic E-state index is 13.9. The molecule has 2 N–H and O–H groups in total. The number of aliphatic hydroxyl groups excluding tert-OH is 1. The topological polar surface area (TPSA) is 41.5 Å². The largest absolute Gasteiger partial charge is 0.491 e. The van der Waals surface area contributed by atoms with Gasteiger partial charge in [-0.15, -0.1) is 0 Å². The average molecular weight is 349 g/mol. The molecule has 0 amide bonds. The number of alkyl halides is 4. The number of aliphatic hydroxyl groups is 1. The molecule has 0 spiro atoms. The SMILES string of the molecule is CC1(C)CCC(F)C1NCC(O)COc1ccc(C(F)(F)F)cc1. The van der Waals surface area contributed by atoms with Crippen LogP contribution in [0.1, 0.15) is 32.3 Å². The second-order valence-electron chi connectivity index (χ2n) is 6.92. The maximum absolute atomic E-state index is 13.9. The zero-order valence-electron chi connectivity index (χ0n) is 13.7. The highest BCUT2D eigenvalue weighted by Crippen LogP contribution is 2.39. The Hall–Kier alpha value is -1.34. The van der Waals surface area contributed by atoms with Crippen molar-refractivity contribution in [1.29, 1.82) is 0 Å². The normalized spacial score (nSPS) is 24.8. The highest BCUT2D eigenvalue weighted by molar-refractivity contribution is 5.28. The van der Waals surface area contributed by atoms with Gasteiger partial charge in [-0.05, 0) is 42.5 Å². The lowest BCUT2D eigenvalue weighted by atomic mass is 9.87. The zero-order chi connectivity index (χ0) is 18.0. The second kappa shape index (κ2) is 7.27. The fraction of sp³-hybridized carbons (Fsp3) is 0.647. The highest BCUT2D eigenvalue weighted by Gasteiger charge is 2.42. The van der Waals surface area contributed by atoms with E-state index >= 15 is 0 Å². The molecule has 3 nitrogen and oxygen atoms in total. The van der Waals surface area contributed by atoms with Gasteiger partial charge in [0, 0.05) is 12.6 Å². The van der Waals surface area contributed by atoms with E-state index < -0.39 is 24.0 Å². The van der Waals surface area contributed by atoms with Crippen LogP contribution in [0.5, 0.6) is 5.75 Å². The molecule has 3 atom stereocenters. The minimum atomic E-state index is -4.39. The van der Waals surface area contributed by atoms with Gasteiger partial charge in [0.25, 0.3) is 0 Å². The molecule has 0 radical (unpaired) electrons. The Kier molecular flexibility index (Phi) is 5.75. The molecule has 1 fully saturated rings. The van der Waals surface area contributed by atoms with Gasteiger partial charge in [0.15, 0.2) is 0 Å². The van der Waals surface area contributed by atoms with Gasteiger partial charge in [0.1, 0.15) is 24.6 Å². The van der Waals surface area contributed by atoms with Gasteiger partial charge >= 0.3 is 6.18 Å². The van der Waals surface area contributed by atoms with Gasteiger partial charge in [0.05, 0.1) is 5.56 Å².